The Morgan fingerprint density at radius 1 is 1.15 bits per heavy atom. The number of rotatable bonds is 7. The molecular weight excluding hydrogens is 246 g/mol. The molecule has 2 atom stereocenters. The van der Waals surface area contributed by atoms with Gasteiger partial charge in [0.1, 0.15) is 5.75 Å². The molecule has 0 heterocycles. The molecule has 0 saturated heterocycles. The summed E-state index contributed by atoms with van der Waals surface area (Å²) in [5.41, 5.74) is 1.34. The van der Waals surface area contributed by atoms with Crippen molar-refractivity contribution < 1.29 is 4.74 Å². The van der Waals surface area contributed by atoms with Crippen LogP contribution in [0.4, 0.5) is 0 Å². The Labute approximate surface area is 123 Å². The number of nitrogens with one attached hydrogen (secondary N) is 1. The molecule has 2 unspecified atom stereocenters. The van der Waals surface area contributed by atoms with E-state index in [1.54, 1.807) is 0 Å². The van der Waals surface area contributed by atoms with Crippen LogP contribution in [0.3, 0.4) is 0 Å². The predicted octanol–water partition coefficient (Wildman–Crippen LogP) is 4.39. The smallest absolute Gasteiger partial charge is 0.119 e. The van der Waals surface area contributed by atoms with Gasteiger partial charge in [0.15, 0.2) is 0 Å². The number of benzene rings is 1. The van der Waals surface area contributed by atoms with Crippen LogP contribution in [0.15, 0.2) is 24.3 Å². The molecule has 0 amide bonds. The minimum absolute atomic E-state index is 0.803. The zero-order chi connectivity index (χ0) is 14.2. The van der Waals surface area contributed by atoms with Crippen LogP contribution in [0.1, 0.15) is 51.5 Å². The van der Waals surface area contributed by atoms with Crippen molar-refractivity contribution in [2.45, 2.75) is 52.5 Å². The van der Waals surface area contributed by atoms with Crippen molar-refractivity contribution >= 4 is 0 Å². The fraction of sp³-hybridized carbons (Fsp3) is 0.667. The Hall–Kier alpha value is -1.02. The molecule has 1 aliphatic carbocycles. The van der Waals surface area contributed by atoms with E-state index in [2.05, 4.69) is 43.4 Å². The van der Waals surface area contributed by atoms with Crippen molar-refractivity contribution in [3.8, 4) is 5.75 Å². The van der Waals surface area contributed by atoms with Gasteiger partial charge in [-0.05, 0) is 48.9 Å². The quantitative estimate of drug-likeness (QED) is 0.797. The minimum Gasteiger partial charge on any atom is -0.494 e. The van der Waals surface area contributed by atoms with Gasteiger partial charge in [0.05, 0.1) is 6.61 Å². The summed E-state index contributed by atoms with van der Waals surface area (Å²) in [6, 6.07) is 8.50. The van der Waals surface area contributed by atoms with Crippen LogP contribution in [-0.2, 0) is 6.54 Å². The first-order valence-electron chi connectivity index (χ1n) is 8.22. The van der Waals surface area contributed by atoms with Crippen molar-refractivity contribution in [3.05, 3.63) is 29.8 Å². The SMILES string of the molecule is CCCOc1ccc(CNCC2CCCCC2C)cc1. The zero-order valence-electron chi connectivity index (χ0n) is 13.0. The van der Waals surface area contributed by atoms with Crippen molar-refractivity contribution in [1.82, 2.24) is 5.32 Å². The van der Waals surface area contributed by atoms with E-state index < -0.39 is 0 Å². The second kappa shape index (κ2) is 8.31. The first-order valence-corrected chi connectivity index (χ1v) is 8.22. The topological polar surface area (TPSA) is 21.3 Å². The molecule has 0 bridgehead atoms. The maximum absolute atomic E-state index is 5.60. The Bertz CT molecular complexity index is 374. The first kappa shape index (κ1) is 15.4. The summed E-state index contributed by atoms with van der Waals surface area (Å²) in [4.78, 5) is 0. The van der Waals surface area contributed by atoms with Crippen LogP contribution < -0.4 is 10.1 Å². The van der Waals surface area contributed by atoms with Crippen molar-refractivity contribution in [2.75, 3.05) is 13.2 Å². The Morgan fingerprint density at radius 3 is 2.60 bits per heavy atom. The Kier molecular flexibility index (Phi) is 6.38. The summed E-state index contributed by atoms with van der Waals surface area (Å²) in [5.74, 6) is 2.74. The van der Waals surface area contributed by atoms with E-state index in [-0.39, 0.29) is 0 Å². The summed E-state index contributed by atoms with van der Waals surface area (Å²) >= 11 is 0. The fourth-order valence-electron chi connectivity index (χ4n) is 3.02. The monoisotopic (exact) mass is 275 g/mol. The van der Waals surface area contributed by atoms with Gasteiger partial charge in [-0.1, -0.05) is 45.2 Å². The lowest BCUT2D eigenvalue weighted by molar-refractivity contribution is 0.247. The summed E-state index contributed by atoms with van der Waals surface area (Å²) in [6.07, 6.45) is 6.72. The highest BCUT2D eigenvalue weighted by atomic mass is 16.5. The predicted molar refractivity (Wildman–Crippen MR) is 85.1 cm³/mol. The maximum atomic E-state index is 5.60. The number of hydrogen-bond acceptors (Lipinski definition) is 2. The van der Waals surface area contributed by atoms with Crippen molar-refractivity contribution in [1.29, 1.82) is 0 Å². The molecule has 0 spiro atoms. The summed E-state index contributed by atoms with van der Waals surface area (Å²) < 4.78 is 5.60. The van der Waals surface area contributed by atoms with Crippen LogP contribution >= 0.6 is 0 Å². The molecule has 1 N–H and O–H groups in total. The summed E-state index contributed by atoms with van der Waals surface area (Å²) in [7, 11) is 0. The lowest BCUT2D eigenvalue weighted by Gasteiger charge is -2.28. The number of hydrogen-bond donors (Lipinski definition) is 1. The van der Waals surface area contributed by atoms with Crippen LogP contribution in [-0.4, -0.2) is 13.2 Å². The lowest BCUT2D eigenvalue weighted by Crippen LogP contribution is -2.29. The molecule has 2 rings (SSSR count). The molecule has 0 radical (unpaired) electrons. The third kappa shape index (κ3) is 4.82. The van der Waals surface area contributed by atoms with Crippen molar-refractivity contribution in [3.63, 3.8) is 0 Å². The van der Waals surface area contributed by atoms with E-state index in [1.165, 1.54) is 31.2 Å². The van der Waals surface area contributed by atoms with Gasteiger partial charge in [0, 0.05) is 6.54 Å². The Balaban J connectivity index is 1.70. The summed E-state index contributed by atoms with van der Waals surface area (Å²) in [6.45, 7) is 7.47. The molecule has 2 heteroatoms. The molecule has 1 fully saturated rings. The normalized spacial score (nSPS) is 22.7. The third-order valence-electron chi connectivity index (χ3n) is 4.42. The molecule has 20 heavy (non-hydrogen) atoms. The third-order valence-corrected chi connectivity index (χ3v) is 4.42. The molecular formula is C18H29NO. The van der Waals surface area contributed by atoms with Crippen LogP contribution in [0, 0.1) is 11.8 Å². The highest BCUT2D eigenvalue weighted by Crippen LogP contribution is 2.28. The van der Waals surface area contributed by atoms with Gasteiger partial charge in [0.2, 0.25) is 0 Å². The van der Waals surface area contributed by atoms with E-state index >= 15 is 0 Å². The minimum atomic E-state index is 0.803. The van der Waals surface area contributed by atoms with Crippen LogP contribution in [0.5, 0.6) is 5.75 Å². The first-order chi connectivity index (χ1) is 9.79. The van der Waals surface area contributed by atoms with Crippen molar-refractivity contribution in [2.24, 2.45) is 11.8 Å². The average molecular weight is 275 g/mol. The van der Waals surface area contributed by atoms with Gasteiger partial charge in [-0.2, -0.15) is 0 Å². The van der Waals surface area contributed by atoms with Gasteiger partial charge in [-0.25, -0.2) is 0 Å². The average Bonchev–Trinajstić information content (AvgIpc) is 2.48. The zero-order valence-corrected chi connectivity index (χ0v) is 13.0. The van der Waals surface area contributed by atoms with E-state index in [1.807, 2.05) is 0 Å². The highest BCUT2D eigenvalue weighted by Gasteiger charge is 2.20. The summed E-state index contributed by atoms with van der Waals surface area (Å²) in [5, 5.41) is 3.62. The van der Waals surface area contributed by atoms with Gasteiger partial charge < -0.3 is 10.1 Å². The molecule has 0 aliphatic heterocycles. The van der Waals surface area contributed by atoms with Gasteiger partial charge in [-0.3, -0.25) is 0 Å². The molecule has 2 nitrogen and oxygen atoms in total. The van der Waals surface area contributed by atoms with Crippen LogP contribution in [0.2, 0.25) is 0 Å². The molecule has 1 saturated carbocycles. The van der Waals surface area contributed by atoms with Gasteiger partial charge in [0.25, 0.3) is 0 Å². The molecule has 1 aliphatic rings. The van der Waals surface area contributed by atoms with E-state index in [0.717, 1.165) is 43.7 Å². The standard InChI is InChI=1S/C18H29NO/c1-3-12-20-18-10-8-16(9-11-18)13-19-14-17-7-5-4-6-15(17)2/h8-11,15,17,19H,3-7,12-14H2,1-2H3. The molecule has 0 aromatic heterocycles. The van der Waals surface area contributed by atoms with E-state index in [9.17, 15) is 0 Å². The molecule has 1 aromatic carbocycles. The van der Waals surface area contributed by atoms with Gasteiger partial charge in [-0.15, -0.1) is 0 Å². The second-order valence-electron chi connectivity index (χ2n) is 6.15. The number of ether oxygens (including phenoxy) is 1. The maximum Gasteiger partial charge on any atom is 0.119 e. The second-order valence-corrected chi connectivity index (χ2v) is 6.15. The largest absolute Gasteiger partial charge is 0.494 e. The Morgan fingerprint density at radius 2 is 1.90 bits per heavy atom. The van der Waals surface area contributed by atoms with Crippen LogP contribution in [0.25, 0.3) is 0 Å². The molecule has 112 valence electrons. The fourth-order valence-corrected chi connectivity index (χ4v) is 3.02. The van der Waals surface area contributed by atoms with E-state index in [0.29, 0.717) is 0 Å². The molecule has 1 aromatic rings. The highest BCUT2D eigenvalue weighted by molar-refractivity contribution is 5.27. The van der Waals surface area contributed by atoms with E-state index in [4.69, 9.17) is 4.74 Å². The lowest BCUT2D eigenvalue weighted by atomic mass is 9.80. The van der Waals surface area contributed by atoms with Gasteiger partial charge >= 0.3 is 0 Å².